The molecule has 0 bridgehead atoms. The topological polar surface area (TPSA) is 89.3 Å². The van der Waals surface area contributed by atoms with Gasteiger partial charge in [0.05, 0.1) is 23.9 Å². The fraction of sp³-hybridized carbons (Fsp3) is 0.333. The first kappa shape index (κ1) is 16.2. The number of hydrogen-bond donors (Lipinski definition) is 1. The third-order valence-corrected chi connectivity index (χ3v) is 3.96. The summed E-state index contributed by atoms with van der Waals surface area (Å²) >= 11 is 0. The Labute approximate surface area is 129 Å². The minimum absolute atomic E-state index is 0.0461. The lowest BCUT2D eigenvalue weighted by Crippen LogP contribution is -2.34. The molecule has 1 aromatic carbocycles. The maximum absolute atomic E-state index is 12.1. The van der Waals surface area contributed by atoms with E-state index in [0.717, 1.165) is 11.8 Å². The smallest absolute Gasteiger partial charge is 0.226 e. The molecule has 1 heterocycles. The quantitative estimate of drug-likeness (QED) is 0.869. The lowest BCUT2D eigenvalue weighted by molar-refractivity contribution is -0.121. The van der Waals surface area contributed by atoms with Crippen LogP contribution in [0.2, 0.25) is 0 Å². The molecule has 1 N–H and O–H groups in total. The highest BCUT2D eigenvalue weighted by atomic mass is 32.2. The average Bonchev–Trinajstić information content (AvgIpc) is 2.82. The molecule has 0 fully saturated rings. The number of carbonyl (C=O) groups is 1. The molecule has 0 aliphatic carbocycles. The maximum atomic E-state index is 12.1. The Morgan fingerprint density at radius 2 is 2.00 bits per heavy atom. The molecule has 0 spiro atoms. The third kappa shape index (κ3) is 5.00. The zero-order chi connectivity index (χ0) is 16.2. The Morgan fingerprint density at radius 1 is 1.32 bits per heavy atom. The van der Waals surface area contributed by atoms with Crippen molar-refractivity contribution in [1.29, 1.82) is 0 Å². The van der Waals surface area contributed by atoms with Gasteiger partial charge in [-0.25, -0.2) is 8.42 Å². The molecule has 2 rings (SSSR count). The zero-order valence-corrected chi connectivity index (χ0v) is 13.3. The second kappa shape index (κ2) is 6.74. The molecule has 0 saturated carbocycles. The normalized spacial score (nSPS) is 12.8. The van der Waals surface area contributed by atoms with Gasteiger partial charge >= 0.3 is 0 Å². The van der Waals surface area contributed by atoms with Crippen molar-refractivity contribution >= 4 is 15.7 Å². The molecule has 0 aliphatic rings. The summed E-state index contributed by atoms with van der Waals surface area (Å²) in [7, 11) is -3.23. The molecule has 2 aromatic rings. The molecule has 1 aromatic heterocycles. The van der Waals surface area contributed by atoms with Gasteiger partial charge in [0.25, 0.3) is 0 Å². The first-order chi connectivity index (χ1) is 10.3. The lowest BCUT2D eigenvalue weighted by atomic mass is 10.1. The third-order valence-electron chi connectivity index (χ3n) is 3.03. The van der Waals surface area contributed by atoms with Crippen LogP contribution in [0.1, 0.15) is 23.1 Å². The molecule has 0 radical (unpaired) electrons. The van der Waals surface area contributed by atoms with Crippen LogP contribution in [0, 0.1) is 6.92 Å². The van der Waals surface area contributed by atoms with Gasteiger partial charge in [0, 0.05) is 12.3 Å². The predicted molar refractivity (Wildman–Crippen MR) is 82.0 cm³/mol. The van der Waals surface area contributed by atoms with Crippen LogP contribution in [0.3, 0.4) is 0 Å². The summed E-state index contributed by atoms with van der Waals surface area (Å²) in [6.45, 7) is 1.74. The van der Waals surface area contributed by atoms with Gasteiger partial charge in [-0.15, -0.1) is 0 Å². The van der Waals surface area contributed by atoms with Gasteiger partial charge in [0.2, 0.25) is 5.91 Å². The zero-order valence-electron chi connectivity index (χ0n) is 12.4. The SMILES string of the molecule is Cc1cc(CC(=O)N[C@H](CS(C)(=O)=O)c2ccccc2)no1. The van der Waals surface area contributed by atoms with Gasteiger partial charge in [-0.05, 0) is 12.5 Å². The van der Waals surface area contributed by atoms with Crippen molar-refractivity contribution in [2.24, 2.45) is 0 Å². The molecular formula is C15H18N2O4S. The second-order valence-electron chi connectivity index (χ2n) is 5.23. The van der Waals surface area contributed by atoms with Crippen molar-refractivity contribution in [3.8, 4) is 0 Å². The highest BCUT2D eigenvalue weighted by Gasteiger charge is 2.20. The number of nitrogens with one attached hydrogen (secondary N) is 1. The summed E-state index contributed by atoms with van der Waals surface area (Å²) in [5.41, 5.74) is 1.26. The average molecular weight is 322 g/mol. The monoisotopic (exact) mass is 322 g/mol. The molecule has 0 aliphatic heterocycles. The maximum Gasteiger partial charge on any atom is 0.226 e. The molecule has 0 saturated heterocycles. The van der Waals surface area contributed by atoms with Crippen molar-refractivity contribution in [2.45, 2.75) is 19.4 Å². The van der Waals surface area contributed by atoms with E-state index in [2.05, 4.69) is 10.5 Å². The van der Waals surface area contributed by atoms with Crippen LogP contribution < -0.4 is 5.32 Å². The number of amides is 1. The Bertz CT molecular complexity index is 738. The van der Waals surface area contributed by atoms with Crippen LogP contribution in [0.5, 0.6) is 0 Å². The number of aromatic nitrogens is 1. The van der Waals surface area contributed by atoms with Crippen LogP contribution in [-0.4, -0.2) is 31.5 Å². The van der Waals surface area contributed by atoms with Gasteiger partial charge in [0.1, 0.15) is 15.6 Å². The number of rotatable bonds is 6. The summed E-state index contributed by atoms with van der Waals surface area (Å²) in [6.07, 6.45) is 1.19. The molecule has 6 nitrogen and oxygen atoms in total. The molecular weight excluding hydrogens is 304 g/mol. The Kier molecular flexibility index (Phi) is 4.97. The number of aryl methyl sites for hydroxylation is 1. The number of benzene rings is 1. The molecule has 1 atom stereocenters. The first-order valence-corrected chi connectivity index (χ1v) is 8.84. The summed E-state index contributed by atoms with van der Waals surface area (Å²) in [5.74, 6) is 0.171. The van der Waals surface area contributed by atoms with Crippen molar-refractivity contribution in [3.63, 3.8) is 0 Å². The van der Waals surface area contributed by atoms with E-state index in [1.807, 2.05) is 6.07 Å². The lowest BCUT2D eigenvalue weighted by Gasteiger charge is -2.18. The van der Waals surface area contributed by atoms with Crippen molar-refractivity contribution in [3.05, 3.63) is 53.4 Å². The Balaban J connectivity index is 2.10. The van der Waals surface area contributed by atoms with Crippen LogP contribution in [0.15, 0.2) is 40.9 Å². The van der Waals surface area contributed by atoms with Crippen LogP contribution in [-0.2, 0) is 21.1 Å². The Hall–Kier alpha value is -2.15. The molecule has 7 heteroatoms. The predicted octanol–water partition coefficient (Wildman–Crippen LogP) is 1.43. The number of carbonyl (C=O) groups excluding carboxylic acids is 1. The van der Waals surface area contributed by atoms with E-state index >= 15 is 0 Å². The van der Waals surface area contributed by atoms with Gasteiger partial charge in [-0.2, -0.15) is 0 Å². The van der Waals surface area contributed by atoms with Crippen LogP contribution >= 0.6 is 0 Å². The van der Waals surface area contributed by atoms with Gasteiger partial charge in [-0.1, -0.05) is 35.5 Å². The summed E-state index contributed by atoms with van der Waals surface area (Å²) in [4.78, 5) is 12.1. The fourth-order valence-electron chi connectivity index (χ4n) is 2.12. The second-order valence-corrected chi connectivity index (χ2v) is 7.41. The largest absolute Gasteiger partial charge is 0.361 e. The molecule has 118 valence electrons. The summed E-state index contributed by atoms with van der Waals surface area (Å²) in [5, 5.41) is 6.50. The van der Waals surface area contributed by atoms with Gasteiger partial charge in [0.15, 0.2) is 0 Å². The van der Waals surface area contributed by atoms with Crippen LogP contribution in [0.4, 0.5) is 0 Å². The van der Waals surface area contributed by atoms with E-state index in [9.17, 15) is 13.2 Å². The molecule has 22 heavy (non-hydrogen) atoms. The van der Waals surface area contributed by atoms with E-state index in [-0.39, 0.29) is 18.1 Å². The standard InChI is InChI=1S/C15H18N2O4S/c1-11-8-13(17-21-11)9-15(18)16-14(10-22(2,19)20)12-6-4-3-5-7-12/h3-8,14H,9-10H2,1-2H3,(H,16,18)/t14-/m1/s1. The summed E-state index contributed by atoms with van der Waals surface area (Å²) < 4.78 is 28.1. The van der Waals surface area contributed by atoms with Gasteiger partial charge < -0.3 is 9.84 Å². The number of hydrogen-bond acceptors (Lipinski definition) is 5. The van der Waals surface area contributed by atoms with E-state index in [1.165, 1.54) is 0 Å². The minimum atomic E-state index is -3.23. The highest BCUT2D eigenvalue weighted by Crippen LogP contribution is 2.15. The van der Waals surface area contributed by atoms with Crippen molar-refractivity contribution in [2.75, 3.05) is 12.0 Å². The minimum Gasteiger partial charge on any atom is -0.361 e. The van der Waals surface area contributed by atoms with E-state index in [0.29, 0.717) is 11.5 Å². The number of nitrogens with zero attached hydrogens (tertiary/aromatic N) is 1. The van der Waals surface area contributed by atoms with Crippen molar-refractivity contribution < 1.29 is 17.7 Å². The van der Waals surface area contributed by atoms with Gasteiger partial charge in [-0.3, -0.25) is 4.79 Å². The molecule has 0 unspecified atom stereocenters. The Morgan fingerprint density at radius 3 is 2.55 bits per heavy atom. The van der Waals surface area contributed by atoms with E-state index < -0.39 is 15.9 Å². The fourth-order valence-corrected chi connectivity index (χ4v) is 3.00. The summed E-state index contributed by atoms with van der Waals surface area (Å²) in [6, 6.07) is 10.1. The van der Waals surface area contributed by atoms with E-state index in [4.69, 9.17) is 4.52 Å². The number of sulfone groups is 1. The van der Waals surface area contributed by atoms with E-state index in [1.54, 1.807) is 37.3 Å². The first-order valence-electron chi connectivity index (χ1n) is 6.78. The van der Waals surface area contributed by atoms with Crippen molar-refractivity contribution in [1.82, 2.24) is 10.5 Å². The molecule has 1 amide bonds. The highest BCUT2D eigenvalue weighted by molar-refractivity contribution is 7.90. The van der Waals surface area contributed by atoms with Crippen LogP contribution in [0.25, 0.3) is 0 Å².